The van der Waals surface area contributed by atoms with Gasteiger partial charge in [-0.3, -0.25) is 14.5 Å². The van der Waals surface area contributed by atoms with Gasteiger partial charge in [0.15, 0.2) is 28.4 Å². The van der Waals surface area contributed by atoms with Gasteiger partial charge in [0.1, 0.15) is 6.04 Å². The van der Waals surface area contributed by atoms with Gasteiger partial charge in [-0.05, 0) is 18.4 Å². The molecule has 2 heterocycles. The number of rotatable bonds is 5. The summed E-state index contributed by atoms with van der Waals surface area (Å²) in [7, 11) is 0. The van der Waals surface area contributed by atoms with E-state index in [1.807, 2.05) is 23.1 Å². The van der Waals surface area contributed by atoms with Crippen LogP contribution in [-0.4, -0.2) is 56.9 Å². The van der Waals surface area contributed by atoms with Gasteiger partial charge in [0, 0.05) is 19.1 Å². The lowest BCUT2D eigenvalue weighted by molar-refractivity contribution is -0.144. The largest absolute Gasteiger partial charge is 0.480 e. The SMILES string of the molecule is N/C(=N\C(=O)c1nc(Cl)c(N)nc1N)NC1CCN(C(C(=O)O)c2ccccc2)CC1. The molecule has 1 saturated heterocycles. The molecule has 1 aromatic heterocycles. The van der Waals surface area contributed by atoms with Crippen molar-refractivity contribution in [1.29, 1.82) is 0 Å². The normalized spacial score (nSPS) is 16.6. The zero-order valence-corrected chi connectivity index (χ0v) is 17.3. The van der Waals surface area contributed by atoms with Gasteiger partial charge in [0.25, 0.3) is 0 Å². The molecule has 1 aromatic carbocycles. The number of amides is 1. The Labute approximate surface area is 183 Å². The summed E-state index contributed by atoms with van der Waals surface area (Å²) in [6.45, 7) is 1.08. The lowest BCUT2D eigenvalue weighted by atomic mass is 9.99. The van der Waals surface area contributed by atoms with Crippen molar-refractivity contribution in [3.63, 3.8) is 0 Å². The topological polar surface area (TPSA) is 186 Å². The van der Waals surface area contributed by atoms with E-state index in [-0.39, 0.29) is 34.5 Å². The third-order valence-electron chi connectivity index (χ3n) is 4.93. The Balaban J connectivity index is 1.61. The van der Waals surface area contributed by atoms with Crippen molar-refractivity contribution in [1.82, 2.24) is 20.2 Å². The van der Waals surface area contributed by atoms with E-state index in [9.17, 15) is 14.7 Å². The molecule has 11 nitrogen and oxygen atoms in total. The fourth-order valence-electron chi connectivity index (χ4n) is 3.45. The van der Waals surface area contributed by atoms with Gasteiger partial charge in [0.2, 0.25) is 0 Å². The molecule has 0 radical (unpaired) electrons. The molecule has 31 heavy (non-hydrogen) atoms. The number of likely N-dealkylation sites (tertiary alicyclic amines) is 1. The number of aromatic nitrogens is 2. The number of carboxylic acids is 1. The number of anilines is 2. The maximum absolute atomic E-state index is 12.3. The van der Waals surface area contributed by atoms with Gasteiger partial charge < -0.3 is 27.6 Å². The molecule has 1 amide bonds. The Morgan fingerprint density at radius 2 is 1.81 bits per heavy atom. The van der Waals surface area contributed by atoms with Crippen LogP contribution in [0.3, 0.4) is 0 Å². The number of nitrogens with zero attached hydrogens (tertiary/aromatic N) is 4. The second-order valence-corrected chi connectivity index (χ2v) is 7.40. The lowest BCUT2D eigenvalue weighted by Gasteiger charge is -2.36. The van der Waals surface area contributed by atoms with Gasteiger partial charge in [0.05, 0.1) is 0 Å². The third-order valence-corrected chi connectivity index (χ3v) is 5.20. The van der Waals surface area contributed by atoms with Gasteiger partial charge in [-0.2, -0.15) is 4.99 Å². The van der Waals surface area contributed by atoms with Crippen LogP contribution in [0.5, 0.6) is 0 Å². The van der Waals surface area contributed by atoms with Gasteiger partial charge in [-0.15, -0.1) is 0 Å². The summed E-state index contributed by atoms with van der Waals surface area (Å²) in [5, 5.41) is 12.5. The van der Waals surface area contributed by atoms with Crippen molar-refractivity contribution in [2.45, 2.75) is 24.9 Å². The molecule has 1 aliphatic heterocycles. The molecule has 0 saturated carbocycles. The molecule has 164 valence electrons. The Bertz CT molecular complexity index is 993. The average Bonchev–Trinajstić information content (AvgIpc) is 2.72. The van der Waals surface area contributed by atoms with Crippen LogP contribution in [-0.2, 0) is 4.79 Å². The number of nitrogen functional groups attached to an aromatic ring is 2. The van der Waals surface area contributed by atoms with Crippen molar-refractivity contribution >= 4 is 41.1 Å². The number of halogens is 1. The van der Waals surface area contributed by atoms with E-state index in [2.05, 4.69) is 20.3 Å². The molecular weight excluding hydrogens is 424 g/mol. The average molecular weight is 447 g/mol. The minimum atomic E-state index is -0.898. The monoisotopic (exact) mass is 446 g/mol. The summed E-state index contributed by atoms with van der Waals surface area (Å²) >= 11 is 5.78. The molecule has 12 heteroatoms. The Morgan fingerprint density at radius 3 is 2.42 bits per heavy atom. The van der Waals surface area contributed by atoms with E-state index in [1.54, 1.807) is 12.1 Å². The van der Waals surface area contributed by atoms with Crippen molar-refractivity contribution in [3.05, 3.63) is 46.7 Å². The molecule has 1 unspecified atom stereocenters. The number of piperidine rings is 1. The van der Waals surface area contributed by atoms with E-state index in [4.69, 9.17) is 28.8 Å². The van der Waals surface area contributed by atoms with Gasteiger partial charge >= 0.3 is 11.9 Å². The zero-order chi connectivity index (χ0) is 22.5. The van der Waals surface area contributed by atoms with Crippen molar-refractivity contribution < 1.29 is 14.7 Å². The third kappa shape index (κ3) is 5.38. The summed E-state index contributed by atoms with van der Waals surface area (Å²) < 4.78 is 0. The highest BCUT2D eigenvalue weighted by molar-refractivity contribution is 6.31. The minimum Gasteiger partial charge on any atom is -0.480 e. The molecule has 0 bridgehead atoms. The maximum atomic E-state index is 12.3. The smallest absolute Gasteiger partial charge is 0.325 e. The molecule has 8 N–H and O–H groups in total. The molecule has 2 aromatic rings. The van der Waals surface area contributed by atoms with Crippen LogP contribution in [0.2, 0.25) is 5.15 Å². The van der Waals surface area contributed by atoms with Crippen LogP contribution in [0.15, 0.2) is 35.3 Å². The summed E-state index contributed by atoms with van der Waals surface area (Å²) in [4.78, 5) is 37.3. The van der Waals surface area contributed by atoms with E-state index in [0.717, 1.165) is 5.56 Å². The number of aliphatic carboxylic acids is 1. The van der Waals surface area contributed by atoms with E-state index in [0.29, 0.717) is 25.9 Å². The van der Waals surface area contributed by atoms with Crippen LogP contribution in [0.25, 0.3) is 0 Å². The minimum absolute atomic E-state index is 0.0727. The standard InChI is InChI=1S/C19H23ClN8O3/c20-14-16(22)26-15(21)12(25-14)17(29)27-19(23)24-11-6-8-28(9-7-11)13(18(30)31)10-4-2-1-3-5-10/h1-5,11,13H,6-9H2,(H,30,31)(H4,21,22,26)(H3,23,24,27,29). The highest BCUT2D eigenvalue weighted by atomic mass is 35.5. The molecule has 1 fully saturated rings. The van der Waals surface area contributed by atoms with Crippen molar-refractivity contribution in [2.75, 3.05) is 24.6 Å². The summed E-state index contributed by atoms with van der Waals surface area (Å²) in [5.41, 5.74) is 17.5. The molecular formula is C19H23ClN8O3. The predicted molar refractivity (Wildman–Crippen MR) is 116 cm³/mol. The number of nitrogens with one attached hydrogen (secondary N) is 1. The first-order valence-corrected chi connectivity index (χ1v) is 9.89. The number of nitrogens with two attached hydrogens (primary N) is 3. The number of hydrogen-bond acceptors (Lipinski definition) is 7. The predicted octanol–water partition coefficient (Wildman–Crippen LogP) is 0.629. The number of aliphatic imine (C=N–C) groups is 1. The number of carbonyl (C=O) groups excluding carboxylic acids is 1. The first kappa shape index (κ1) is 22.2. The number of carboxylic acid groups (broad SMARTS) is 1. The lowest BCUT2D eigenvalue weighted by Crippen LogP contribution is -2.49. The Hall–Kier alpha value is -3.44. The molecule has 1 aliphatic rings. The second-order valence-electron chi connectivity index (χ2n) is 7.04. The van der Waals surface area contributed by atoms with E-state index < -0.39 is 17.9 Å². The highest BCUT2D eigenvalue weighted by Gasteiger charge is 2.31. The summed E-state index contributed by atoms with van der Waals surface area (Å²) in [6.07, 6.45) is 1.24. The van der Waals surface area contributed by atoms with Crippen LogP contribution >= 0.6 is 11.6 Å². The summed E-state index contributed by atoms with van der Waals surface area (Å²) in [6, 6.07) is 8.30. The number of hydrogen-bond donors (Lipinski definition) is 5. The molecule has 3 rings (SSSR count). The van der Waals surface area contributed by atoms with Gasteiger partial charge in [-0.25, -0.2) is 9.97 Å². The Kier molecular flexibility index (Phi) is 6.88. The van der Waals surface area contributed by atoms with E-state index >= 15 is 0 Å². The fraction of sp³-hybridized carbons (Fsp3) is 0.316. The molecule has 0 aliphatic carbocycles. The van der Waals surface area contributed by atoms with Crippen LogP contribution < -0.4 is 22.5 Å². The van der Waals surface area contributed by atoms with Crippen molar-refractivity contribution in [2.24, 2.45) is 10.7 Å². The quantitative estimate of drug-likeness (QED) is 0.322. The first-order valence-electron chi connectivity index (χ1n) is 9.51. The fourth-order valence-corrected chi connectivity index (χ4v) is 3.58. The molecule has 1 atom stereocenters. The number of carbonyl (C=O) groups is 2. The van der Waals surface area contributed by atoms with Crippen LogP contribution in [0.1, 0.15) is 34.9 Å². The number of guanidine groups is 1. The zero-order valence-electron chi connectivity index (χ0n) is 16.5. The van der Waals surface area contributed by atoms with Crippen LogP contribution in [0.4, 0.5) is 11.6 Å². The second kappa shape index (κ2) is 9.58. The van der Waals surface area contributed by atoms with Crippen molar-refractivity contribution in [3.8, 4) is 0 Å². The number of benzene rings is 1. The Morgan fingerprint density at radius 1 is 1.16 bits per heavy atom. The highest BCUT2D eigenvalue weighted by Crippen LogP contribution is 2.25. The summed E-state index contributed by atoms with van der Waals surface area (Å²) in [5.74, 6) is -2.09. The van der Waals surface area contributed by atoms with E-state index in [1.165, 1.54) is 0 Å². The maximum Gasteiger partial charge on any atom is 0.325 e. The van der Waals surface area contributed by atoms with Gasteiger partial charge in [-0.1, -0.05) is 41.9 Å². The first-order chi connectivity index (χ1) is 14.8. The molecule has 0 spiro atoms. The van der Waals surface area contributed by atoms with Crippen LogP contribution in [0, 0.1) is 0 Å².